The smallest absolute Gasteiger partial charge is 0.258 e. The summed E-state index contributed by atoms with van der Waals surface area (Å²) in [7, 11) is -2.57. The first-order valence-electron chi connectivity index (χ1n) is 12.2. The Bertz CT molecular complexity index is 1410. The van der Waals surface area contributed by atoms with Crippen LogP contribution in [0.3, 0.4) is 0 Å². The predicted molar refractivity (Wildman–Crippen MR) is 160 cm³/mol. The van der Waals surface area contributed by atoms with Crippen molar-refractivity contribution in [3.8, 4) is 0 Å². The number of hydrogen-bond acceptors (Lipinski definition) is 3. The third-order valence-corrected chi connectivity index (χ3v) is 10.6. The lowest BCUT2D eigenvalue weighted by Crippen LogP contribution is -2.38. The number of carbonyl (C=O) groups is 1. The van der Waals surface area contributed by atoms with Crippen molar-refractivity contribution in [2.45, 2.75) is 0 Å². The molecule has 186 valence electrons. The number of carbonyl (C=O) groups excluding carboxylic acids is 1. The highest BCUT2D eigenvalue weighted by molar-refractivity contribution is 7.99. The molecule has 0 aliphatic carbocycles. The van der Waals surface area contributed by atoms with Crippen LogP contribution in [0.2, 0.25) is 5.02 Å². The van der Waals surface area contributed by atoms with Crippen LogP contribution in [0.5, 0.6) is 0 Å². The molecule has 0 radical (unpaired) electrons. The summed E-state index contributed by atoms with van der Waals surface area (Å²) in [6.45, 7) is 0. The van der Waals surface area contributed by atoms with Crippen LogP contribution < -0.4 is 26.5 Å². The van der Waals surface area contributed by atoms with Gasteiger partial charge in [-0.25, -0.2) is 4.98 Å². The molecule has 0 unspecified atom stereocenters. The fraction of sp³-hybridized carbons (Fsp3) is 0. The molecule has 0 saturated carbocycles. The summed E-state index contributed by atoms with van der Waals surface area (Å²) in [4.78, 5) is 18.1. The molecule has 4 nitrogen and oxygen atoms in total. The van der Waals surface area contributed by atoms with E-state index >= 15 is 0 Å². The molecule has 0 aliphatic heterocycles. The number of benzene rings is 4. The molecule has 1 heterocycles. The van der Waals surface area contributed by atoms with Crippen molar-refractivity contribution in [2.24, 2.45) is 0 Å². The van der Waals surface area contributed by atoms with Crippen LogP contribution in [-0.4, -0.2) is 10.9 Å². The first-order valence-corrected chi connectivity index (χ1v) is 14.4. The number of pyridine rings is 1. The predicted octanol–water partition coefficient (Wildman–Crippen LogP) is 6.37. The van der Waals surface area contributed by atoms with Crippen molar-refractivity contribution in [3.05, 3.63) is 162 Å². The van der Waals surface area contributed by atoms with E-state index in [0.717, 1.165) is 21.4 Å². The van der Waals surface area contributed by atoms with Crippen molar-refractivity contribution in [1.82, 2.24) is 10.3 Å². The van der Waals surface area contributed by atoms with Crippen molar-refractivity contribution >= 4 is 46.5 Å². The minimum absolute atomic E-state index is 0.185. The third-order valence-electron chi connectivity index (χ3n) is 6.15. The van der Waals surface area contributed by atoms with Gasteiger partial charge in [-0.15, -0.1) is 0 Å². The number of hydrogen-bond donors (Lipinski definition) is 2. The maximum atomic E-state index is 13.7. The second kappa shape index (κ2) is 11.9. The topological polar surface area (TPSA) is 54.0 Å². The van der Waals surface area contributed by atoms with E-state index in [1.54, 1.807) is 12.3 Å². The van der Waals surface area contributed by atoms with Crippen LogP contribution in [0.4, 0.5) is 5.82 Å². The fourth-order valence-corrected chi connectivity index (χ4v) is 8.64. The van der Waals surface area contributed by atoms with E-state index in [1.165, 1.54) is 0 Å². The summed E-state index contributed by atoms with van der Waals surface area (Å²) < 4.78 is 0. The quantitative estimate of drug-likeness (QED) is 0.227. The summed E-state index contributed by atoms with van der Waals surface area (Å²) in [6.07, 6.45) is 3.46. The molecular formula is C32H26ClN3OP+. The van der Waals surface area contributed by atoms with Gasteiger partial charge in [0.2, 0.25) is 0 Å². The Morgan fingerprint density at radius 1 is 0.658 bits per heavy atom. The number of anilines is 1. The number of aromatic nitrogens is 1. The Morgan fingerprint density at radius 3 is 1.58 bits per heavy atom. The van der Waals surface area contributed by atoms with Gasteiger partial charge in [-0.1, -0.05) is 84.4 Å². The van der Waals surface area contributed by atoms with Crippen LogP contribution in [0, 0.1) is 0 Å². The number of nitrogens with zero attached hydrogens (tertiary/aromatic N) is 1. The SMILES string of the molecule is O=C(NC(=CNc1ccc(Cl)cn1)[P+](c1ccccc1)(c1ccccc1)c1ccccc1)c1ccccc1. The first kappa shape index (κ1) is 25.4. The van der Waals surface area contributed by atoms with Gasteiger partial charge in [0.1, 0.15) is 21.7 Å². The lowest BCUT2D eigenvalue weighted by Gasteiger charge is -2.29. The maximum Gasteiger partial charge on any atom is 0.258 e. The Labute approximate surface area is 228 Å². The molecule has 4 aromatic carbocycles. The Hall–Kier alpha value is -4.24. The largest absolute Gasteiger partial charge is 0.342 e. The Kier molecular flexibility index (Phi) is 7.94. The standard InChI is InChI=1S/C32H25ClN3OP/c33-26-21-22-30(34-23-26)35-24-31(36-32(37)25-13-5-1-6-14-25)38(27-15-7-2-8-16-27,28-17-9-3-10-18-28)29-19-11-4-12-20-29/h1-24H,(H-,34,35,36,37)/p+1. The molecule has 0 fully saturated rings. The zero-order valence-corrected chi connectivity index (χ0v) is 22.2. The fourth-order valence-electron chi connectivity index (χ4n) is 4.42. The minimum Gasteiger partial charge on any atom is -0.342 e. The summed E-state index contributed by atoms with van der Waals surface area (Å²) in [5.41, 5.74) is 1.34. The van der Waals surface area contributed by atoms with Crippen LogP contribution in [0.25, 0.3) is 0 Å². The highest BCUT2D eigenvalue weighted by Gasteiger charge is 2.50. The van der Waals surface area contributed by atoms with Crippen LogP contribution in [0.15, 0.2) is 151 Å². The summed E-state index contributed by atoms with van der Waals surface area (Å²) in [5, 5.41) is 10.5. The van der Waals surface area contributed by atoms with E-state index in [0.29, 0.717) is 16.4 Å². The van der Waals surface area contributed by atoms with Gasteiger partial charge in [0, 0.05) is 11.8 Å². The normalized spacial score (nSPS) is 11.6. The highest BCUT2D eigenvalue weighted by atomic mass is 35.5. The van der Waals surface area contributed by atoms with E-state index in [-0.39, 0.29) is 5.91 Å². The molecule has 2 N–H and O–H groups in total. The van der Waals surface area contributed by atoms with Gasteiger partial charge in [-0.3, -0.25) is 10.1 Å². The Balaban J connectivity index is 1.76. The second-order valence-electron chi connectivity index (χ2n) is 8.53. The molecule has 0 aliphatic rings. The number of rotatable bonds is 8. The lowest BCUT2D eigenvalue weighted by atomic mass is 10.2. The van der Waals surface area contributed by atoms with E-state index in [1.807, 2.05) is 97.2 Å². The summed E-state index contributed by atoms with van der Waals surface area (Å²) in [5.74, 6) is 0.433. The summed E-state index contributed by atoms with van der Waals surface area (Å²) in [6, 6.07) is 43.9. The third kappa shape index (κ3) is 5.38. The molecular weight excluding hydrogens is 509 g/mol. The molecule has 0 saturated heterocycles. The van der Waals surface area contributed by atoms with E-state index in [4.69, 9.17) is 11.6 Å². The Morgan fingerprint density at radius 2 is 1.13 bits per heavy atom. The zero-order valence-electron chi connectivity index (χ0n) is 20.5. The molecule has 38 heavy (non-hydrogen) atoms. The van der Waals surface area contributed by atoms with Crippen molar-refractivity contribution in [2.75, 3.05) is 5.32 Å². The number of nitrogens with one attached hydrogen (secondary N) is 2. The number of halogens is 1. The van der Waals surface area contributed by atoms with Crippen molar-refractivity contribution < 1.29 is 4.79 Å². The van der Waals surface area contributed by atoms with Gasteiger partial charge in [0.15, 0.2) is 12.7 Å². The zero-order chi connectivity index (χ0) is 26.2. The van der Waals surface area contributed by atoms with Gasteiger partial charge in [-0.2, -0.15) is 0 Å². The van der Waals surface area contributed by atoms with E-state index in [9.17, 15) is 4.79 Å². The van der Waals surface area contributed by atoms with Gasteiger partial charge >= 0.3 is 0 Å². The van der Waals surface area contributed by atoms with E-state index in [2.05, 4.69) is 52.0 Å². The van der Waals surface area contributed by atoms with E-state index < -0.39 is 7.26 Å². The van der Waals surface area contributed by atoms with Gasteiger partial charge in [0.05, 0.1) is 11.2 Å². The molecule has 0 atom stereocenters. The van der Waals surface area contributed by atoms with Crippen molar-refractivity contribution in [1.29, 1.82) is 0 Å². The molecule has 6 heteroatoms. The first-order chi connectivity index (χ1) is 18.7. The molecule has 1 aromatic heterocycles. The van der Waals surface area contributed by atoms with Crippen molar-refractivity contribution in [3.63, 3.8) is 0 Å². The molecule has 5 rings (SSSR count). The van der Waals surface area contributed by atoms with Gasteiger partial charge < -0.3 is 5.32 Å². The molecule has 0 spiro atoms. The lowest BCUT2D eigenvalue weighted by molar-refractivity contribution is 0.0968. The van der Waals surface area contributed by atoms with Crippen LogP contribution in [-0.2, 0) is 0 Å². The average molecular weight is 535 g/mol. The van der Waals surface area contributed by atoms with Crippen LogP contribution >= 0.6 is 18.9 Å². The molecule has 0 bridgehead atoms. The molecule has 1 amide bonds. The van der Waals surface area contributed by atoms with Crippen LogP contribution in [0.1, 0.15) is 10.4 Å². The summed E-state index contributed by atoms with van der Waals surface area (Å²) >= 11 is 6.07. The highest BCUT2D eigenvalue weighted by Crippen LogP contribution is 2.61. The average Bonchev–Trinajstić information content (AvgIpc) is 2.99. The molecule has 5 aromatic rings. The number of amides is 1. The maximum absolute atomic E-state index is 13.7. The van der Waals surface area contributed by atoms with Gasteiger partial charge in [0.25, 0.3) is 5.91 Å². The monoisotopic (exact) mass is 534 g/mol. The minimum atomic E-state index is -2.57. The van der Waals surface area contributed by atoms with Gasteiger partial charge in [-0.05, 0) is 60.7 Å². The second-order valence-corrected chi connectivity index (χ2v) is 12.3.